The molecule has 0 N–H and O–H groups in total. The number of halogens is 20. The van der Waals surface area contributed by atoms with Crippen molar-refractivity contribution in [2.45, 2.75) is 123 Å². The molecular formula is C59H50BF20NO. The Bertz CT molecular complexity index is 3050. The zero-order chi connectivity index (χ0) is 60.3. The molecule has 0 fully saturated rings. The van der Waals surface area contributed by atoms with Gasteiger partial charge < -0.3 is 0 Å². The summed E-state index contributed by atoms with van der Waals surface area (Å²) in [4.78, 5) is 12.8. The van der Waals surface area contributed by atoms with Crippen molar-refractivity contribution in [1.29, 1.82) is 0 Å². The molecule has 1 heterocycles. The number of carbonyl (C=O) groups excluding carboxylic acids is 1. The van der Waals surface area contributed by atoms with Crippen molar-refractivity contribution < 1.29 is 97.2 Å². The lowest BCUT2D eigenvalue weighted by atomic mass is 9.12. The number of aryl methyl sites for hydroxylation is 1. The predicted octanol–water partition coefficient (Wildman–Crippen LogP) is 15.7. The Balaban J connectivity index is 0.000000269. The quantitative estimate of drug-likeness (QED) is 0.0112. The summed E-state index contributed by atoms with van der Waals surface area (Å²) in [5.74, 6) is -71.2. The fourth-order valence-electron chi connectivity index (χ4n) is 10.1. The van der Waals surface area contributed by atoms with Crippen LogP contribution in [-0.4, -0.2) is 11.9 Å². The molecule has 0 spiro atoms. The van der Waals surface area contributed by atoms with Crippen molar-refractivity contribution in [3.8, 4) is 0 Å². The van der Waals surface area contributed by atoms with Crippen LogP contribution in [0.15, 0.2) is 67.0 Å². The summed E-state index contributed by atoms with van der Waals surface area (Å²) in [6, 6.07) is 18.6. The number of carbonyl (C=O) groups is 1. The van der Waals surface area contributed by atoms with Gasteiger partial charge in [0.15, 0.2) is 82.2 Å². The average molecular weight is 1180 g/mol. The minimum absolute atomic E-state index is 0.161. The number of unbranched alkanes of at least 4 members (excludes halogenated alkanes) is 15. The van der Waals surface area contributed by atoms with Crippen LogP contribution in [0.3, 0.4) is 0 Å². The van der Waals surface area contributed by atoms with Gasteiger partial charge in [0.1, 0.15) is 52.7 Å². The first-order chi connectivity index (χ1) is 39.0. The summed E-state index contributed by atoms with van der Waals surface area (Å²) in [5, 5.41) is 2.36. The van der Waals surface area contributed by atoms with Gasteiger partial charge in [0.2, 0.25) is 12.3 Å². The van der Waals surface area contributed by atoms with E-state index in [4.69, 9.17) is 0 Å². The lowest BCUT2D eigenvalue weighted by molar-refractivity contribution is -0.681. The molecule has 440 valence electrons. The minimum Gasteiger partial charge on any atom is -0.287 e. The number of ketones is 1. The molecule has 82 heavy (non-hydrogen) atoms. The van der Waals surface area contributed by atoms with Gasteiger partial charge in [-0.25, -0.2) is 87.8 Å². The Morgan fingerprint density at radius 3 is 0.939 bits per heavy atom. The Labute approximate surface area is 457 Å². The Morgan fingerprint density at radius 2 is 0.622 bits per heavy atom. The summed E-state index contributed by atoms with van der Waals surface area (Å²) in [5.41, 5.74) is -12.2. The number of rotatable bonds is 24. The molecule has 0 aliphatic carbocycles. The molecule has 0 saturated heterocycles. The minimum atomic E-state index is -7.22. The molecule has 0 saturated carbocycles. The summed E-state index contributed by atoms with van der Waals surface area (Å²) in [6.45, 7) is 2.67. The van der Waals surface area contributed by atoms with E-state index in [2.05, 4.69) is 43.5 Å². The van der Waals surface area contributed by atoms with E-state index in [-0.39, 0.29) is 5.78 Å². The zero-order valence-electron chi connectivity index (χ0n) is 43.6. The summed E-state index contributed by atoms with van der Waals surface area (Å²) in [6.07, 6.45) is 20.4. The van der Waals surface area contributed by atoms with Crippen molar-refractivity contribution in [1.82, 2.24) is 0 Å². The molecule has 0 aliphatic rings. The monoisotopic (exact) mass is 1180 g/mol. The largest absolute Gasteiger partial charge is 0.287 e. The van der Waals surface area contributed by atoms with Crippen LogP contribution in [0.1, 0.15) is 126 Å². The fraction of sp³-hybridized carbons (Fsp3) is 0.322. The van der Waals surface area contributed by atoms with Gasteiger partial charge in [-0.2, -0.15) is 4.57 Å². The number of fused-ring (bicyclic) bond motifs is 1. The average Bonchev–Trinajstić information content (AvgIpc) is 0.987. The first-order valence-electron chi connectivity index (χ1n) is 26.2. The summed E-state index contributed by atoms with van der Waals surface area (Å²) >= 11 is 0. The van der Waals surface area contributed by atoms with Gasteiger partial charge in [-0.05, 0) is 29.9 Å². The third-order valence-electron chi connectivity index (χ3n) is 14.4. The van der Waals surface area contributed by atoms with Crippen LogP contribution in [0.25, 0.3) is 10.8 Å². The standard InChI is InChI=1S/C35H50NO.C24BF20/c1-2-3-4-5-6-7-8-9-10-11-12-13-14-15-16-17-20-31-23-25-33(26-24-31)35(37)30-36-28-27-32-21-18-19-22-34(32)29-36;26-5-1(6(27)14(35)21(42)13(5)34)25(2-7(28)15(36)22(43)16(37)8(2)29,3-9(30)17(38)23(44)18(39)10(3)31)4-11(32)19(40)24(45)20(41)12(4)33/h18-19,21-29H,2-17,20,30H2,1H3;/q+1;-1. The number of nitrogens with zero attached hydrogens (tertiary/aromatic N) is 1. The van der Waals surface area contributed by atoms with E-state index in [9.17, 15) is 57.5 Å². The normalized spacial score (nSPS) is 11.7. The van der Waals surface area contributed by atoms with Crippen molar-refractivity contribution in [3.63, 3.8) is 0 Å². The molecule has 0 unspecified atom stereocenters. The van der Waals surface area contributed by atoms with Gasteiger partial charge >= 0.3 is 0 Å². The number of hydrogen-bond donors (Lipinski definition) is 0. The molecule has 7 aromatic rings. The van der Waals surface area contributed by atoms with E-state index in [0.717, 1.165) is 17.4 Å². The molecule has 0 aliphatic heterocycles. The highest BCUT2D eigenvalue weighted by molar-refractivity contribution is 7.20. The summed E-state index contributed by atoms with van der Waals surface area (Å²) < 4.78 is 296. The Hall–Kier alpha value is -6.94. The van der Waals surface area contributed by atoms with E-state index in [1.807, 2.05) is 35.0 Å². The maximum absolute atomic E-state index is 15.4. The van der Waals surface area contributed by atoms with Gasteiger partial charge in [0.05, 0.1) is 0 Å². The molecule has 0 bridgehead atoms. The van der Waals surface area contributed by atoms with Crippen LogP contribution in [0.2, 0.25) is 0 Å². The van der Waals surface area contributed by atoms with Crippen molar-refractivity contribution >= 4 is 44.6 Å². The van der Waals surface area contributed by atoms with E-state index >= 15 is 35.1 Å². The highest BCUT2D eigenvalue weighted by Gasteiger charge is 2.52. The molecular weight excluding hydrogens is 1130 g/mol. The fourth-order valence-corrected chi connectivity index (χ4v) is 10.1. The molecule has 0 amide bonds. The number of benzene rings is 6. The van der Waals surface area contributed by atoms with Crippen LogP contribution >= 0.6 is 0 Å². The number of aromatic nitrogens is 1. The number of pyridine rings is 1. The lowest BCUT2D eigenvalue weighted by Crippen LogP contribution is -2.81. The van der Waals surface area contributed by atoms with Gasteiger partial charge in [0, 0.05) is 17.0 Å². The van der Waals surface area contributed by atoms with Gasteiger partial charge in [-0.15, -0.1) is 21.9 Å². The summed E-state index contributed by atoms with van der Waals surface area (Å²) in [7, 11) is 0. The van der Waals surface area contributed by atoms with E-state index < -0.39 is 144 Å². The topological polar surface area (TPSA) is 20.9 Å². The van der Waals surface area contributed by atoms with Gasteiger partial charge in [0.25, 0.3) is 0 Å². The van der Waals surface area contributed by atoms with Crippen molar-refractivity contribution in [2.24, 2.45) is 0 Å². The third-order valence-corrected chi connectivity index (χ3v) is 14.4. The molecule has 1 aromatic heterocycles. The molecule has 7 rings (SSSR count). The second-order valence-electron chi connectivity index (χ2n) is 19.7. The van der Waals surface area contributed by atoms with E-state index in [0.29, 0.717) is 6.54 Å². The van der Waals surface area contributed by atoms with Crippen molar-refractivity contribution in [3.05, 3.63) is 194 Å². The molecule has 0 radical (unpaired) electrons. The van der Waals surface area contributed by atoms with Crippen LogP contribution in [-0.2, 0) is 13.0 Å². The second kappa shape index (κ2) is 28.4. The Kier molecular flexibility index (Phi) is 22.2. The number of hydrogen-bond acceptors (Lipinski definition) is 1. The molecule has 23 heteroatoms. The van der Waals surface area contributed by atoms with Crippen LogP contribution in [0.4, 0.5) is 87.8 Å². The highest BCUT2D eigenvalue weighted by Crippen LogP contribution is 2.31. The maximum Gasteiger partial charge on any atom is 0.227 e. The molecule has 6 aromatic carbocycles. The van der Waals surface area contributed by atoms with Gasteiger partial charge in [-0.3, -0.25) is 4.79 Å². The second-order valence-corrected chi connectivity index (χ2v) is 19.7. The zero-order valence-corrected chi connectivity index (χ0v) is 43.6. The van der Waals surface area contributed by atoms with Crippen LogP contribution in [0, 0.1) is 116 Å². The first kappa shape index (κ1) is 64.2. The van der Waals surface area contributed by atoms with Crippen LogP contribution in [0.5, 0.6) is 0 Å². The SMILES string of the molecule is CCCCCCCCCCCCCCCCCCc1ccc(C(=O)C[n+]2ccc3ccccc3c2)cc1.Fc1c(F)c(F)c([B-](c2c(F)c(F)c(F)c(F)c2F)(c2c(F)c(F)c(F)c(F)c2F)c2c(F)c(F)c(F)c(F)c2F)c(F)c1F. The van der Waals surface area contributed by atoms with Gasteiger partial charge in [-0.1, -0.05) is 146 Å². The first-order valence-corrected chi connectivity index (χ1v) is 26.2. The Morgan fingerprint density at radius 1 is 0.341 bits per heavy atom. The van der Waals surface area contributed by atoms with E-state index in [1.165, 1.54) is 114 Å². The predicted molar refractivity (Wildman–Crippen MR) is 267 cm³/mol. The highest BCUT2D eigenvalue weighted by atomic mass is 19.2. The maximum atomic E-state index is 15.4. The smallest absolute Gasteiger partial charge is 0.227 e. The number of Topliss-reactive ketones (excluding diaryl/α,β-unsaturated/α-hetero) is 1. The molecule has 2 nitrogen and oxygen atoms in total. The third kappa shape index (κ3) is 13.3. The lowest BCUT2D eigenvalue weighted by Gasteiger charge is -2.44. The van der Waals surface area contributed by atoms with Crippen molar-refractivity contribution in [2.75, 3.05) is 0 Å². The van der Waals surface area contributed by atoms with E-state index in [1.54, 1.807) is 0 Å². The molecule has 0 atom stereocenters. The van der Waals surface area contributed by atoms with Crippen LogP contribution < -0.4 is 26.4 Å².